The predicted octanol–water partition coefficient (Wildman–Crippen LogP) is 2.51. The maximum Gasteiger partial charge on any atom is 0.225 e. The second-order valence-corrected chi connectivity index (χ2v) is 8.50. The summed E-state index contributed by atoms with van der Waals surface area (Å²) in [4.78, 5) is 15.3. The van der Waals surface area contributed by atoms with E-state index >= 15 is 0 Å². The maximum atomic E-state index is 14.0. The summed E-state index contributed by atoms with van der Waals surface area (Å²) >= 11 is 0. The van der Waals surface area contributed by atoms with Gasteiger partial charge in [-0.1, -0.05) is 0 Å². The van der Waals surface area contributed by atoms with E-state index in [9.17, 15) is 9.18 Å². The first-order chi connectivity index (χ1) is 13.2. The molecule has 0 unspecified atom stereocenters. The van der Waals surface area contributed by atoms with Crippen LogP contribution < -0.4 is 10.1 Å². The molecule has 1 aromatic carbocycles. The highest BCUT2D eigenvalue weighted by atomic mass is 19.1. The minimum absolute atomic E-state index is 0.0576. The average molecular weight is 374 g/mol. The number of nitrogens with one attached hydrogen (secondary N) is 1. The van der Waals surface area contributed by atoms with Crippen molar-refractivity contribution in [2.75, 3.05) is 32.9 Å². The van der Waals surface area contributed by atoms with E-state index in [4.69, 9.17) is 9.47 Å². The summed E-state index contributed by atoms with van der Waals surface area (Å²) in [5.74, 6) is 1.23. The molecule has 0 radical (unpaired) electrons. The number of hydrogen-bond acceptors (Lipinski definition) is 4. The maximum absolute atomic E-state index is 14.0. The number of hydrogen-bond donors (Lipinski definition) is 1. The summed E-state index contributed by atoms with van der Waals surface area (Å²) in [7, 11) is 0. The summed E-state index contributed by atoms with van der Waals surface area (Å²) in [6.07, 6.45) is 4.28. The van der Waals surface area contributed by atoms with Gasteiger partial charge in [0.1, 0.15) is 11.6 Å². The first-order valence-electron chi connectivity index (χ1n) is 10.2. The fourth-order valence-corrected chi connectivity index (χ4v) is 4.96. The SMILES string of the molecule is O=C(NC1CC1)[C@@H]1CN(CC2CCOCC2)[C@H]2c3cc(F)ccc3OC[C@@H]12. The first kappa shape index (κ1) is 17.4. The van der Waals surface area contributed by atoms with Crippen molar-refractivity contribution in [3.05, 3.63) is 29.6 Å². The molecule has 1 amide bonds. The zero-order valence-electron chi connectivity index (χ0n) is 15.5. The molecule has 2 saturated heterocycles. The lowest BCUT2D eigenvalue weighted by molar-refractivity contribution is -0.126. The molecule has 0 bridgehead atoms. The lowest BCUT2D eigenvalue weighted by atomic mass is 9.84. The fraction of sp³-hybridized carbons (Fsp3) is 0.667. The average Bonchev–Trinajstić information content (AvgIpc) is 3.41. The first-order valence-corrected chi connectivity index (χ1v) is 10.2. The van der Waals surface area contributed by atoms with Crippen LogP contribution in [-0.2, 0) is 9.53 Å². The van der Waals surface area contributed by atoms with Crippen molar-refractivity contribution in [2.45, 2.75) is 37.8 Å². The fourth-order valence-electron chi connectivity index (χ4n) is 4.96. The van der Waals surface area contributed by atoms with Crippen LogP contribution >= 0.6 is 0 Å². The zero-order valence-corrected chi connectivity index (χ0v) is 15.5. The lowest BCUT2D eigenvalue weighted by Crippen LogP contribution is -2.39. The highest BCUT2D eigenvalue weighted by molar-refractivity contribution is 5.80. The van der Waals surface area contributed by atoms with E-state index in [0.29, 0.717) is 18.6 Å². The second kappa shape index (κ2) is 7.06. The molecule has 0 spiro atoms. The van der Waals surface area contributed by atoms with Crippen LogP contribution in [0, 0.1) is 23.6 Å². The van der Waals surface area contributed by atoms with Crippen molar-refractivity contribution in [3.63, 3.8) is 0 Å². The number of likely N-dealkylation sites (tertiary alicyclic amines) is 1. The summed E-state index contributed by atoms with van der Waals surface area (Å²) in [6, 6.07) is 5.20. The molecule has 1 aromatic rings. The van der Waals surface area contributed by atoms with E-state index in [1.165, 1.54) is 6.07 Å². The van der Waals surface area contributed by atoms with Crippen molar-refractivity contribution in [1.29, 1.82) is 0 Å². The number of ether oxygens (including phenoxy) is 2. The molecular weight excluding hydrogens is 347 g/mol. The van der Waals surface area contributed by atoms with Crippen molar-refractivity contribution in [1.82, 2.24) is 10.2 Å². The number of carbonyl (C=O) groups is 1. The number of amides is 1. The van der Waals surface area contributed by atoms with Gasteiger partial charge in [0.05, 0.1) is 12.5 Å². The van der Waals surface area contributed by atoms with Gasteiger partial charge >= 0.3 is 0 Å². The lowest BCUT2D eigenvalue weighted by Gasteiger charge is -2.36. The highest BCUT2D eigenvalue weighted by Gasteiger charge is 2.50. The van der Waals surface area contributed by atoms with Gasteiger partial charge in [0, 0.05) is 49.9 Å². The molecule has 5 nitrogen and oxygen atoms in total. The van der Waals surface area contributed by atoms with Crippen molar-refractivity contribution in [2.24, 2.45) is 17.8 Å². The summed E-state index contributed by atoms with van der Waals surface area (Å²) in [6.45, 7) is 3.81. The van der Waals surface area contributed by atoms with Gasteiger partial charge in [0.25, 0.3) is 0 Å². The predicted molar refractivity (Wildman–Crippen MR) is 97.9 cm³/mol. The Morgan fingerprint density at radius 1 is 1.22 bits per heavy atom. The summed E-state index contributed by atoms with van der Waals surface area (Å²) in [5, 5.41) is 3.17. The smallest absolute Gasteiger partial charge is 0.225 e. The van der Waals surface area contributed by atoms with Crippen LogP contribution in [0.15, 0.2) is 18.2 Å². The summed E-state index contributed by atoms with van der Waals surface area (Å²) in [5.41, 5.74) is 0.903. The minimum Gasteiger partial charge on any atom is -0.493 e. The van der Waals surface area contributed by atoms with Gasteiger partial charge in [0.2, 0.25) is 5.91 Å². The molecule has 146 valence electrons. The van der Waals surface area contributed by atoms with Gasteiger partial charge in [-0.2, -0.15) is 0 Å². The third kappa shape index (κ3) is 3.45. The number of carbonyl (C=O) groups excluding carboxylic acids is 1. The molecule has 1 N–H and O–H groups in total. The van der Waals surface area contributed by atoms with Gasteiger partial charge in [0.15, 0.2) is 0 Å². The van der Waals surface area contributed by atoms with Gasteiger partial charge in [-0.05, 0) is 49.8 Å². The second-order valence-electron chi connectivity index (χ2n) is 8.50. The Hall–Kier alpha value is -1.66. The van der Waals surface area contributed by atoms with Gasteiger partial charge in [-0.3, -0.25) is 9.69 Å². The highest BCUT2D eigenvalue weighted by Crippen LogP contribution is 2.48. The molecule has 6 heteroatoms. The topological polar surface area (TPSA) is 50.8 Å². The monoisotopic (exact) mass is 374 g/mol. The number of fused-ring (bicyclic) bond motifs is 3. The van der Waals surface area contributed by atoms with Gasteiger partial charge in [-0.25, -0.2) is 4.39 Å². The minimum atomic E-state index is -0.241. The van der Waals surface area contributed by atoms with Crippen LogP contribution in [0.5, 0.6) is 5.75 Å². The zero-order chi connectivity index (χ0) is 18.4. The standard InChI is InChI=1S/C21H27FN2O3/c22-14-1-4-19-16(9-14)20-18(12-27-19)17(21(25)23-15-2-3-15)11-24(20)10-13-5-7-26-8-6-13/h1,4,9,13,15,17-18,20H,2-3,5-8,10-12H2,(H,23,25)/t17-,18+,20+/m1/s1. The Balaban J connectivity index is 1.42. The van der Waals surface area contributed by atoms with Crippen molar-refractivity contribution in [3.8, 4) is 5.75 Å². The van der Waals surface area contributed by atoms with E-state index < -0.39 is 0 Å². The molecular formula is C21H27FN2O3. The Bertz CT molecular complexity index is 717. The molecule has 4 aliphatic rings. The Labute approximate surface area is 159 Å². The van der Waals surface area contributed by atoms with Crippen LogP contribution in [0.1, 0.15) is 37.3 Å². The molecule has 1 aliphatic carbocycles. The number of benzene rings is 1. The van der Waals surface area contributed by atoms with E-state index in [1.807, 2.05) is 0 Å². The van der Waals surface area contributed by atoms with Crippen LogP contribution in [0.4, 0.5) is 4.39 Å². The largest absolute Gasteiger partial charge is 0.493 e. The quantitative estimate of drug-likeness (QED) is 0.880. The van der Waals surface area contributed by atoms with E-state index in [-0.39, 0.29) is 29.6 Å². The van der Waals surface area contributed by atoms with Crippen LogP contribution in [0.25, 0.3) is 0 Å². The van der Waals surface area contributed by atoms with Crippen LogP contribution in [0.3, 0.4) is 0 Å². The van der Waals surface area contributed by atoms with Crippen LogP contribution in [0.2, 0.25) is 0 Å². The van der Waals surface area contributed by atoms with E-state index in [1.54, 1.807) is 12.1 Å². The third-order valence-electron chi connectivity index (χ3n) is 6.56. The van der Waals surface area contributed by atoms with Gasteiger partial charge in [-0.15, -0.1) is 0 Å². The molecule has 3 atom stereocenters. The Kier molecular flexibility index (Phi) is 4.56. The number of nitrogens with zero attached hydrogens (tertiary/aromatic N) is 1. The van der Waals surface area contributed by atoms with Crippen molar-refractivity contribution < 1.29 is 18.7 Å². The molecule has 0 aromatic heterocycles. The third-order valence-corrected chi connectivity index (χ3v) is 6.56. The molecule has 1 saturated carbocycles. The van der Waals surface area contributed by atoms with Gasteiger partial charge < -0.3 is 14.8 Å². The normalized spacial score (nSPS) is 31.1. The molecule has 3 aliphatic heterocycles. The molecule has 3 fully saturated rings. The van der Waals surface area contributed by atoms with Crippen molar-refractivity contribution >= 4 is 5.91 Å². The Morgan fingerprint density at radius 3 is 2.81 bits per heavy atom. The van der Waals surface area contributed by atoms with Crippen LogP contribution in [-0.4, -0.2) is 49.8 Å². The van der Waals surface area contributed by atoms with E-state index in [0.717, 1.165) is 63.3 Å². The molecule has 5 rings (SSSR count). The molecule has 27 heavy (non-hydrogen) atoms. The van der Waals surface area contributed by atoms with E-state index in [2.05, 4.69) is 10.2 Å². The molecule has 3 heterocycles. The number of halogens is 1. The number of rotatable bonds is 4. The summed E-state index contributed by atoms with van der Waals surface area (Å²) < 4.78 is 25.4. The Morgan fingerprint density at radius 2 is 2.04 bits per heavy atom.